The molecule has 4 nitrogen and oxygen atoms in total. The summed E-state index contributed by atoms with van der Waals surface area (Å²) in [4.78, 5) is 0. The molecule has 5 aromatic carbocycles. The summed E-state index contributed by atoms with van der Waals surface area (Å²) >= 11 is 5.43. The van der Waals surface area contributed by atoms with Gasteiger partial charge in [-0.25, -0.2) is 8.78 Å². The Kier molecular flexibility index (Phi) is 18.6. The monoisotopic (exact) mass is 766 g/mol. The van der Waals surface area contributed by atoms with E-state index in [1.165, 1.54) is 41.0 Å². The molecule has 1 atom stereocenters. The molecule has 0 aliphatic heterocycles. The van der Waals surface area contributed by atoms with Crippen LogP contribution in [0.25, 0.3) is 11.1 Å². The molecule has 53 heavy (non-hydrogen) atoms. The fourth-order valence-corrected chi connectivity index (χ4v) is 4.88. The van der Waals surface area contributed by atoms with Gasteiger partial charge in [-0.15, -0.1) is 0 Å². The van der Waals surface area contributed by atoms with Crippen molar-refractivity contribution in [1.82, 2.24) is 0 Å². The zero-order valence-corrected chi connectivity index (χ0v) is 29.8. The van der Waals surface area contributed by atoms with Crippen LogP contribution in [-0.2, 0) is 31.6 Å². The molecular weight excluding hydrogens is 724 g/mol. The summed E-state index contributed by atoms with van der Waals surface area (Å²) in [5.41, 5.74) is 25.2. The second-order valence-corrected chi connectivity index (χ2v) is 12.1. The third-order valence-corrected chi connectivity index (χ3v) is 7.76. The van der Waals surface area contributed by atoms with Gasteiger partial charge >= 0.3 is 12.4 Å². The molecule has 1 unspecified atom stereocenters. The van der Waals surface area contributed by atoms with Gasteiger partial charge in [0.25, 0.3) is 0 Å². The van der Waals surface area contributed by atoms with Gasteiger partial charge in [0.15, 0.2) is 0 Å². The summed E-state index contributed by atoms with van der Waals surface area (Å²) < 4.78 is 98.7. The van der Waals surface area contributed by atoms with Crippen molar-refractivity contribution in [2.24, 2.45) is 22.9 Å². The van der Waals surface area contributed by atoms with Crippen LogP contribution in [0.4, 0.5) is 35.1 Å². The highest BCUT2D eigenvalue weighted by Crippen LogP contribution is 2.35. The first kappa shape index (κ1) is 44.8. The van der Waals surface area contributed by atoms with Gasteiger partial charge in [0.1, 0.15) is 11.6 Å². The summed E-state index contributed by atoms with van der Waals surface area (Å²) in [6.07, 6.45) is -7.50. The van der Waals surface area contributed by atoms with Gasteiger partial charge in [-0.3, -0.25) is 0 Å². The first-order valence-corrected chi connectivity index (χ1v) is 16.8. The topological polar surface area (TPSA) is 104 Å². The number of hydrogen-bond donors (Lipinski definition) is 4. The fourth-order valence-electron chi connectivity index (χ4n) is 4.65. The average Bonchev–Trinajstić information content (AvgIpc) is 3.11. The van der Waals surface area contributed by atoms with Crippen LogP contribution in [0.3, 0.4) is 0 Å². The lowest BCUT2D eigenvalue weighted by Gasteiger charge is -2.10. The molecular formula is C40H43ClF8N4. The van der Waals surface area contributed by atoms with E-state index in [4.69, 9.17) is 34.5 Å². The van der Waals surface area contributed by atoms with Gasteiger partial charge in [0.2, 0.25) is 0 Å². The van der Waals surface area contributed by atoms with Crippen molar-refractivity contribution in [1.29, 1.82) is 0 Å². The van der Waals surface area contributed by atoms with Crippen LogP contribution in [0.1, 0.15) is 46.3 Å². The van der Waals surface area contributed by atoms with E-state index in [9.17, 15) is 35.1 Å². The lowest BCUT2D eigenvalue weighted by Crippen LogP contribution is -2.10. The molecule has 0 amide bonds. The molecule has 0 saturated carbocycles. The molecule has 13 heteroatoms. The smallest absolute Gasteiger partial charge is 0.330 e. The van der Waals surface area contributed by atoms with Gasteiger partial charge < -0.3 is 22.9 Å². The third kappa shape index (κ3) is 16.1. The molecule has 0 heterocycles. The zero-order valence-electron chi connectivity index (χ0n) is 29.0. The Labute approximate surface area is 309 Å². The van der Waals surface area contributed by atoms with Crippen molar-refractivity contribution in [2.75, 3.05) is 19.6 Å². The maximum atomic E-state index is 12.8. The minimum atomic E-state index is -4.64. The zero-order chi connectivity index (χ0) is 39.6. The van der Waals surface area contributed by atoms with E-state index in [2.05, 4.69) is 48.5 Å². The Morgan fingerprint density at radius 2 is 0.981 bits per heavy atom. The normalized spacial score (nSPS) is 11.6. The molecule has 0 aliphatic carbocycles. The maximum Gasteiger partial charge on any atom is 0.419 e. The van der Waals surface area contributed by atoms with E-state index < -0.39 is 29.3 Å². The Balaban J connectivity index is 0.000000247. The van der Waals surface area contributed by atoms with Crippen LogP contribution in [0.15, 0.2) is 115 Å². The van der Waals surface area contributed by atoms with Crippen molar-refractivity contribution in [2.45, 2.75) is 44.6 Å². The molecule has 0 bridgehead atoms. The van der Waals surface area contributed by atoms with Crippen LogP contribution in [0.2, 0.25) is 5.02 Å². The van der Waals surface area contributed by atoms with E-state index in [0.29, 0.717) is 37.1 Å². The van der Waals surface area contributed by atoms with E-state index in [0.717, 1.165) is 30.2 Å². The predicted octanol–water partition coefficient (Wildman–Crippen LogP) is 9.91. The molecule has 286 valence electrons. The van der Waals surface area contributed by atoms with Crippen LogP contribution < -0.4 is 22.9 Å². The number of benzene rings is 5. The number of halogens is 9. The van der Waals surface area contributed by atoms with Gasteiger partial charge in [-0.2, -0.15) is 26.3 Å². The van der Waals surface area contributed by atoms with Crippen molar-refractivity contribution >= 4 is 11.6 Å². The van der Waals surface area contributed by atoms with Crippen LogP contribution in [0, 0.1) is 11.6 Å². The molecule has 0 spiro atoms. The van der Waals surface area contributed by atoms with E-state index in [1.54, 1.807) is 18.2 Å². The van der Waals surface area contributed by atoms with E-state index >= 15 is 0 Å². The summed E-state index contributed by atoms with van der Waals surface area (Å²) in [6, 6.07) is 32.0. The van der Waals surface area contributed by atoms with E-state index in [-0.39, 0.29) is 23.4 Å². The first-order chi connectivity index (χ1) is 25.0. The van der Waals surface area contributed by atoms with E-state index in [1.807, 2.05) is 13.0 Å². The number of nitrogens with two attached hydrogens (primary N) is 4. The molecule has 5 rings (SSSR count). The quantitative estimate of drug-likeness (QED) is 0.118. The van der Waals surface area contributed by atoms with Gasteiger partial charge in [0, 0.05) is 6.04 Å². The third-order valence-electron chi connectivity index (χ3n) is 7.43. The Hall–Kier alpha value is -4.33. The highest BCUT2D eigenvalue weighted by Gasteiger charge is 2.34. The van der Waals surface area contributed by atoms with Gasteiger partial charge in [0.05, 0.1) is 16.1 Å². The molecule has 0 aromatic heterocycles. The summed E-state index contributed by atoms with van der Waals surface area (Å²) in [6.45, 7) is 3.17. The highest BCUT2D eigenvalue weighted by atomic mass is 35.5. The molecule has 5 aromatic rings. The average molecular weight is 767 g/mol. The molecule has 0 saturated heterocycles. The van der Waals surface area contributed by atoms with Crippen LogP contribution in [-0.4, -0.2) is 19.6 Å². The summed E-state index contributed by atoms with van der Waals surface area (Å²) in [5, 5.41) is -0.279. The largest absolute Gasteiger partial charge is 0.419 e. The fraction of sp³-hybridized carbons (Fsp3) is 0.250. The summed E-state index contributed by atoms with van der Waals surface area (Å²) in [7, 11) is 0. The maximum absolute atomic E-state index is 12.8. The molecule has 0 fully saturated rings. The number of rotatable bonds is 8. The second-order valence-electron chi connectivity index (χ2n) is 11.6. The number of alkyl halides is 6. The molecule has 0 aliphatic rings. The Morgan fingerprint density at radius 1 is 0.547 bits per heavy atom. The SMILES string of the molecule is CC(N)c1ccc(-c2ccccc2)cc1.NCCc1ccc(Cl)c(C(F)(F)F)c1.NCCc1ccc(F)c(C(F)(F)F)c1.NCCc1ccc(F)cc1. The first-order valence-electron chi connectivity index (χ1n) is 16.5. The van der Waals surface area contributed by atoms with Crippen molar-refractivity contribution in [3.63, 3.8) is 0 Å². The highest BCUT2D eigenvalue weighted by molar-refractivity contribution is 6.31. The van der Waals surface area contributed by atoms with Crippen LogP contribution >= 0.6 is 11.6 Å². The molecule has 8 N–H and O–H groups in total. The van der Waals surface area contributed by atoms with Crippen LogP contribution in [0.5, 0.6) is 0 Å². The lowest BCUT2D eigenvalue weighted by atomic mass is 10.0. The Bertz CT molecular complexity index is 1710. The minimum absolute atomic E-state index is 0.106. The van der Waals surface area contributed by atoms with Crippen molar-refractivity contribution < 1.29 is 35.1 Å². The van der Waals surface area contributed by atoms with Gasteiger partial charge in [-0.1, -0.05) is 90.5 Å². The lowest BCUT2D eigenvalue weighted by molar-refractivity contribution is -0.140. The predicted molar refractivity (Wildman–Crippen MR) is 197 cm³/mol. The minimum Gasteiger partial charge on any atom is -0.330 e. The van der Waals surface area contributed by atoms with Crippen molar-refractivity contribution in [3.8, 4) is 11.1 Å². The number of hydrogen-bond acceptors (Lipinski definition) is 4. The Morgan fingerprint density at radius 3 is 1.45 bits per heavy atom. The van der Waals surface area contributed by atoms with Gasteiger partial charge in [-0.05, 0) is 116 Å². The molecule has 0 radical (unpaired) electrons. The van der Waals surface area contributed by atoms with Crippen molar-refractivity contribution in [3.05, 3.63) is 165 Å². The summed E-state index contributed by atoms with van der Waals surface area (Å²) in [5.74, 6) is -1.45. The second kappa shape index (κ2) is 22.0. The standard InChI is InChI=1S/C14H15N.C9H9ClF3N.C9H9F4N.C8H10FN/c1-11(15)12-7-9-14(10-8-12)13-5-3-2-4-6-13;2*10-8-2-1-6(3-4-14)5-7(8)9(11,12)13;9-8-3-1-7(2-4-8)5-6-10/h2-11H,15H2,1H3;2*1-2,5H,3-4,14H2;1-4H,5-6,10H2.